The Labute approximate surface area is 130 Å². The highest BCUT2D eigenvalue weighted by atomic mass is 16.3. The maximum atomic E-state index is 6.16. The van der Waals surface area contributed by atoms with E-state index in [9.17, 15) is 0 Å². The number of aryl methyl sites for hydroxylation is 1. The molecule has 0 saturated carbocycles. The molecule has 110 valence electrons. The van der Waals surface area contributed by atoms with E-state index in [4.69, 9.17) is 4.42 Å². The van der Waals surface area contributed by atoms with Crippen LogP contribution in [0, 0.1) is 6.92 Å². The topological polar surface area (TPSA) is 29.3 Å². The molecular formula is C18H19BN2O. The van der Waals surface area contributed by atoms with Gasteiger partial charge in [0.25, 0.3) is 0 Å². The SMILES string of the molecule is CCB1C=CN(c2c(C)ccc3c2oc2cccnc23)[C@H]1C. The number of nitrogens with zero attached hydrogens (tertiary/aromatic N) is 2. The predicted octanol–water partition coefficient (Wildman–Crippen LogP) is 4.60. The monoisotopic (exact) mass is 290 g/mol. The highest BCUT2D eigenvalue weighted by Crippen LogP contribution is 2.38. The van der Waals surface area contributed by atoms with Crippen molar-refractivity contribution < 1.29 is 4.42 Å². The van der Waals surface area contributed by atoms with Crippen LogP contribution >= 0.6 is 0 Å². The third-order valence-electron chi connectivity index (χ3n) is 4.85. The first-order chi connectivity index (χ1) is 10.7. The Hall–Kier alpha value is -2.23. The van der Waals surface area contributed by atoms with E-state index >= 15 is 0 Å². The molecule has 0 aliphatic carbocycles. The normalized spacial score (nSPS) is 18.0. The second-order valence-corrected chi connectivity index (χ2v) is 6.12. The summed E-state index contributed by atoms with van der Waals surface area (Å²) in [7, 11) is 0. The van der Waals surface area contributed by atoms with E-state index in [-0.39, 0.29) is 0 Å². The van der Waals surface area contributed by atoms with E-state index in [1.807, 2.05) is 18.3 Å². The number of pyridine rings is 1. The van der Waals surface area contributed by atoms with Gasteiger partial charge in [0, 0.05) is 17.5 Å². The Morgan fingerprint density at radius 2 is 2.18 bits per heavy atom. The second kappa shape index (κ2) is 4.91. The lowest BCUT2D eigenvalue weighted by Gasteiger charge is -2.26. The fourth-order valence-corrected chi connectivity index (χ4v) is 3.53. The maximum Gasteiger partial charge on any atom is 0.194 e. The standard InChI is InChI=1S/C18H19BN2O/c1-4-19-9-11-21(13(19)3)17-12(2)7-8-14-16-15(22-18(14)17)6-5-10-20-16/h5-11,13H,4H2,1-3H3/t13-/m0/s1. The molecule has 3 heterocycles. The summed E-state index contributed by atoms with van der Waals surface area (Å²) in [6.45, 7) is 7.27. The molecule has 2 aromatic heterocycles. The van der Waals surface area contributed by atoms with Crippen molar-refractivity contribution in [3.05, 3.63) is 48.2 Å². The molecule has 0 amide bonds. The van der Waals surface area contributed by atoms with E-state index in [1.54, 1.807) is 0 Å². The van der Waals surface area contributed by atoms with E-state index in [0.717, 1.165) is 28.4 Å². The molecule has 0 radical (unpaired) electrons. The molecule has 1 aliphatic rings. The predicted molar refractivity (Wildman–Crippen MR) is 93.6 cm³/mol. The summed E-state index contributed by atoms with van der Waals surface area (Å²) in [5.41, 5.74) is 5.16. The van der Waals surface area contributed by atoms with Crippen LogP contribution in [0.1, 0.15) is 19.4 Å². The fraction of sp³-hybridized carbons (Fsp3) is 0.278. The number of hydrogen-bond acceptors (Lipinski definition) is 3. The van der Waals surface area contributed by atoms with Gasteiger partial charge in [-0.05, 0) is 36.9 Å². The van der Waals surface area contributed by atoms with Crippen LogP contribution in [0.15, 0.2) is 47.1 Å². The summed E-state index contributed by atoms with van der Waals surface area (Å²) in [6.07, 6.45) is 5.19. The van der Waals surface area contributed by atoms with Crippen LogP contribution in [0.4, 0.5) is 5.69 Å². The zero-order chi connectivity index (χ0) is 15.3. The van der Waals surface area contributed by atoms with E-state index < -0.39 is 0 Å². The molecule has 22 heavy (non-hydrogen) atoms. The van der Waals surface area contributed by atoms with Crippen LogP contribution in [0.5, 0.6) is 0 Å². The lowest BCUT2D eigenvalue weighted by Crippen LogP contribution is -2.35. The summed E-state index contributed by atoms with van der Waals surface area (Å²) in [4.78, 5) is 6.84. The van der Waals surface area contributed by atoms with Gasteiger partial charge >= 0.3 is 0 Å². The Morgan fingerprint density at radius 1 is 1.32 bits per heavy atom. The average Bonchev–Trinajstić information content (AvgIpc) is 3.08. The highest BCUT2D eigenvalue weighted by Gasteiger charge is 2.30. The fourth-order valence-electron chi connectivity index (χ4n) is 3.53. The van der Waals surface area contributed by atoms with Crippen LogP contribution < -0.4 is 4.90 Å². The lowest BCUT2D eigenvalue weighted by atomic mass is 9.44. The molecule has 0 N–H and O–H groups in total. The molecule has 1 atom stereocenters. The minimum Gasteiger partial charge on any atom is -0.452 e. The first-order valence-corrected chi connectivity index (χ1v) is 7.94. The van der Waals surface area contributed by atoms with Gasteiger partial charge in [-0.15, -0.1) is 0 Å². The van der Waals surface area contributed by atoms with E-state index in [0.29, 0.717) is 12.7 Å². The summed E-state index contributed by atoms with van der Waals surface area (Å²) < 4.78 is 6.16. The smallest absolute Gasteiger partial charge is 0.194 e. The minimum atomic E-state index is 0.454. The van der Waals surface area contributed by atoms with Gasteiger partial charge in [0.15, 0.2) is 17.9 Å². The van der Waals surface area contributed by atoms with Crippen molar-refractivity contribution in [3.8, 4) is 0 Å². The molecule has 1 aromatic carbocycles. The summed E-state index contributed by atoms with van der Waals surface area (Å²) in [6, 6.07) is 8.19. The van der Waals surface area contributed by atoms with Gasteiger partial charge in [0.2, 0.25) is 0 Å². The van der Waals surface area contributed by atoms with Crippen LogP contribution in [-0.4, -0.2) is 17.6 Å². The van der Waals surface area contributed by atoms with Gasteiger partial charge in [0.05, 0.1) is 5.69 Å². The first-order valence-electron chi connectivity index (χ1n) is 7.94. The molecule has 0 bridgehead atoms. The molecule has 0 saturated heterocycles. The Bertz CT molecular complexity index is 883. The van der Waals surface area contributed by atoms with Crippen molar-refractivity contribution in [1.29, 1.82) is 0 Å². The number of furan rings is 1. The first kappa shape index (κ1) is 13.4. The molecule has 0 unspecified atom stereocenters. The summed E-state index contributed by atoms with van der Waals surface area (Å²) in [5, 5.41) is 1.09. The molecule has 3 aromatic rings. The van der Waals surface area contributed by atoms with Gasteiger partial charge in [-0.2, -0.15) is 0 Å². The third-order valence-corrected chi connectivity index (χ3v) is 4.85. The molecule has 4 heteroatoms. The Balaban J connectivity index is 1.97. The van der Waals surface area contributed by atoms with Crippen molar-refractivity contribution in [3.63, 3.8) is 0 Å². The largest absolute Gasteiger partial charge is 0.452 e. The molecule has 3 nitrogen and oxygen atoms in total. The van der Waals surface area contributed by atoms with Crippen molar-refractivity contribution in [2.24, 2.45) is 0 Å². The van der Waals surface area contributed by atoms with Gasteiger partial charge in [-0.3, -0.25) is 4.98 Å². The second-order valence-electron chi connectivity index (χ2n) is 6.12. The number of hydrogen-bond donors (Lipinski definition) is 0. The van der Waals surface area contributed by atoms with Crippen molar-refractivity contribution in [1.82, 2.24) is 4.98 Å². The quantitative estimate of drug-likeness (QED) is 0.646. The van der Waals surface area contributed by atoms with Crippen LogP contribution in [0.3, 0.4) is 0 Å². The van der Waals surface area contributed by atoms with Crippen molar-refractivity contribution in [2.45, 2.75) is 33.0 Å². The van der Waals surface area contributed by atoms with Gasteiger partial charge < -0.3 is 9.32 Å². The number of aromatic nitrogens is 1. The van der Waals surface area contributed by atoms with Crippen LogP contribution in [-0.2, 0) is 0 Å². The van der Waals surface area contributed by atoms with E-state index in [1.165, 1.54) is 11.3 Å². The number of fused-ring (bicyclic) bond motifs is 3. The Kier molecular flexibility index (Phi) is 3.00. The summed E-state index contributed by atoms with van der Waals surface area (Å²) in [5.74, 6) is 2.76. The zero-order valence-corrected chi connectivity index (χ0v) is 13.2. The minimum absolute atomic E-state index is 0.454. The third kappa shape index (κ3) is 1.80. The molecule has 4 rings (SSSR count). The molecular weight excluding hydrogens is 271 g/mol. The molecule has 1 aliphatic heterocycles. The van der Waals surface area contributed by atoms with Gasteiger partial charge in [-0.25, -0.2) is 0 Å². The molecule has 0 fully saturated rings. The number of rotatable bonds is 2. The Morgan fingerprint density at radius 3 is 2.95 bits per heavy atom. The van der Waals surface area contributed by atoms with Gasteiger partial charge in [0.1, 0.15) is 5.52 Å². The van der Waals surface area contributed by atoms with Crippen LogP contribution in [0.25, 0.3) is 22.1 Å². The summed E-state index contributed by atoms with van der Waals surface area (Å²) >= 11 is 0. The molecule has 0 spiro atoms. The maximum absolute atomic E-state index is 6.16. The zero-order valence-electron chi connectivity index (χ0n) is 13.2. The van der Waals surface area contributed by atoms with Crippen molar-refractivity contribution >= 4 is 34.5 Å². The van der Waals surface area contributed by atoms with Crippen molar-refractivity contribution in [2.75, 3.05) is 4.90 Å². The van der Waals surface area contributed by atoms with Gasteiger partial charge in [-0.1, -0.05) is 32.2 Å². The average molecular weight is 290 g/mol. The van der Waals surface area contributed by atoms with E-state index in [2.05, 4.69) is 55.0 Å². The van der Waals surface area contributed by atoms with Crippen LogP contribution in [0.2, 0.25) is 6.32 Å². The highest BCUT2D eigenvalue weighted by molar-refractivity contribution is 6.67. The number of benzene rings is 1. The number of anilines is 1. The lowest BCUT2D eigenvalue weighted by molar-refractivity contribution is 0.666.